The van der Waals surface area contributed by atoms with E-state index in [0.29, 0.717) is 17.0 Å². The summed E-state index contributed by atoms with van der Waals surface area (Å²) >= 11 is 0. The normalized spacial score (nSPS) is 10.8. The first-order valence-electron chi connectivity index (χ1n) is 7.60. The van der Waals surface area contributed by atoms with E-state index < -0.39 is 0 Å². The van der Waals surface area contributed by atoms with Gasteiger partial charge in [-0.3, -0.25) is 4.79 Å². The second kappa shape index (κ2) is 5.66. The fraction of sp³-hybridized carbons (Fsp3) is 0. The molecular weight excluding hydrogens is 300 g/mol. The van der Waals surface area contributed by atoms with Crippen molar-refractivity contribution < 1.29 is 9.90 Å². The van der Waals surface area contributed by atoms with Crippen LogP contribution in [-0.4, -0.2) is 20.9 Å². The summed E-state index contributed by atoms with van der Waals surface area (Å²) in [7, 11) is 0. The number of rotatable bonds is 3. The lowest BCUT2D eigenvalue weighted by molar-refractivity contribution is 0.103. The second-order valence-corrected chi connectivity index (χ2v) is 5.56. The zero-order valence-electron chi connectivity index (χ0n) is 12.7. The van der Waals surface area contributed by atoms with E-state index in [1.165, 1.54) is 0 Å². The number of nitrogens with zero attached hydrogens (tertiary/aromatic N) is 1. The molecule has 0 aliphatic rings. The Labute approximate surface area is 138 Å². The summed E-state index contributed by atoms with van der Waals surface area (Å²) in [4.78, 5) is 20.3. The molecule has 0 saturated heterocycles. The van der Waals surface area contributed by atoms with Crippen molar-refractivity contribution in [3.63, 3.8) is 0 Å². The monoisotopic (exact) mass is 314 g/mol. The molecule has 1 heterocycles. The van der Waals surface area contributed by atoms with Crippen LogP contribution in [0.5, 0.6) is 5.75 Å². The zero-order valence-corrected chi connectivity index (χ0v) is 12.7. The van der Waals surface area contributed by atoms with Gasteiger partial charge in [0.05, 0.1) is 11.0 Å². The summed E-state index contributed by atoms with van der Waals surface area (Å²) in [5.41, 5.74) is 3.76. The standard InChI is InChI=1S/C20H14N2O2/c23-16-9-6-14(7-10-16)20-21-17-11-8-15(12-18(17)22-20)19(24)13-4-2-1-3-5-13/h1-12,23H,(H,21,22). The van der Waals surface area contributed by atoms with Crippen LogP contribution in [0.3, 0.4) is 0 Å². The number of aromatic nitrogens is 2. The lowest BCUT2D eigenvalue weighted by Crippen LogP contribution is -2.00. The number of H-pyrrole nitrogens is 1. The van der Waals surface area contributed by atoms with Crippen molar-refractivity contribution >= 4 is 16.8 Å². The molecule has 0 aliphatic carbocycles. The van der Waals surface area contributed by atoms with E-state index in [1.54, 1.807) is 42.5 Å². The zero-order chi connectivity index (χ0) is 16.5. The lowest BCUT2D eigenvalue weighted by Gasteiger charge is -2.00. The average molecular weight is 314 g/mol. The van der Waals surface area contributed by atoms with Gasteiger partial charge in [0.15, 0.2) is 5.78 Å². The number of phenolic OH excluding ortho intramolecular Hbond substituents is 1. The molecule has 3 aromatic carbocycles. The van der Waals surface area contributed by atoms with Gasteiger partial charge < -0.3 is 10.1 Å². The number of hydrogen-bond donors (Lipinski definition) is 2. The van der Waals surface area contributed by atoms with Crippen LogP contribution < -0.4 is 0 Å². The van der Waals surface area contributed by atoms with Gasteiger partial charge in [0.25, 0.3) is 0 Å². The van der Waals surface area contributed by atoms with Gasteiger partial charge in [0.1, 0.15) is 11.6 Å². The average Bonchev–Trinajstić information content (AvgIpc) is 3.05. The summed E-state index contributed by atoms with van der Waals surface area (Å²) in [6.45, 7) is 0. The van der Waals surface area contributed by atoms with Crippen molar-refractivity contribution in [2.24, 2.45) is 0 Å². The predicted octanol–water partition coefficient (Wildman–Crippen LogP) is 4.17. The summed E-state index contributed by atoms with van der Waals surface area (Å²) in [5, 5.41) is 9.38. The number of carbonyl (C=O) groups is 1. The molecule has 0 saturated carbocycles. The van der Waals surface area contributed by atoms with Crippen molar-refractivity contribution in [1.82, 2.24) is 9.97 Å². The van der Waals surface area contributed by atoms with Crippen molar-refractivity contribution in [3.8, 4) is 17.1 Å². The van der Waals surface area contributed by atoms with Crippen LogP contribution in [0.25, 0.3) is 22.4 Å². The minimum Gasteiger partial charge on any atom is -0.508 e. The highest BCUT2D eigenvalue weighted by Crippen LogP contribution is 2.23. The molecule has 4 rings (SSSR count). The Morgan fingerprint density at radius 2 is 1.62 bits per heavy atom. The van der Waals surface area contributed by atoms with Crippen molar-refractivity contribution in [2.75, 3.05) is 0 Å². The molecule has 4 heteroatoms. The number of aromatic hydroxyl groups is 1. The molecule has 116 valence electrons. The van der Waals surface area contributed by atoms with Crippen LogP contribution >= 0.6 is 0 Å². The molecule has 0 unspecified atom stereocenters. The molecular formula is C20H14N2O2. The lowest BCUT2D eigenvalue weighted by atomic mass is 10.0. The van der Waals surface area contributed by atoms with Crippen molar-refractivity contribution in [2.45, 2.75) is 0 Å². The molecule has 4 nitrogen and oxygen atoms in total. The van der Waals surface area contributed by atoms with E-state index in [-0.39, 0.29) is 11.5 Å². The Morgan fingerprint density at radius 1 is 0.875 bits per heavy atom. The van der Waals surface area contributed by atoms with Crippen LogP contribution in [0, 0.1) is 0 Å². The van der Waals surface area contributed by atoms with E-state index in [0.717, 1.165) is 16.6 Å². The SMILES string of the molecule is O=C(c1ccccc1)c1ccc2nc(-c3ccc(O)cc3)[nH]c2c1. The first kappa shape index (κ1) is 14.2. The van der Waals surface area contributed by atoms with Crippen LogP contribution in [0.2, 0.25) is 0 Å². The minimum absolute atomic E-state index is 0.0155. The molecule has 4 aromatic rings. The number of fused-ring (bicyclic) bond motifs is 1. The topological polar surface area (TPSA) is 66.0 Å². The van der Waals surface area contributed by atoms with E-state index in [1.807, 2.05) is 30.3 Å². The van der Waals surface area contributed by atoms with Crippen LogP contribution in [0.15, 0.2) is 72.8 Å². The third-order valence-corrected chi connectivity index (χ3v) is 3.92. The molecule has 2 N–H and O–H groups in total. The summed E-state index contributed by atoms with van der Waals surface area (Å²) in [6, 6.07) is 21.5. The number of aromatic amines is 1. The van der Waals surface area contributed by atoms with Crippen molar-refractivity contribution in [1.29, 1.82) is 0 Å². The summed E-state index contributed by atoms with van der Waals surface area (Å²) in [5.74, 6) is 0.901. The Hall–Kier alpha value is -3.40. The van der Waals surface area contributed by atoms with Gasteiger partial charge in [-0.1, -0.05) is 30.3 Å². The Kier molecular flexibility index (Phi) is 3.35. The van der Waals surface area contributed by atoms with Crippen LogP contribution in [0.4, 0.5) is 0 Å². The molecule has 0 amide bonds. The van der Waals surface area contributed by atoms with E-state index in [2.05, 4.69) is 9.97 Å². The first-order chi connectivity index (χ1) is 11.7. The van der Waals surface area contributed by atoms with Gasteiger partial charge in [0, 0.05) is 16.7 Å². The number of phenols is 1. The molecule has 24 heavy (non-hydrogen) atoms. The Morgan fingerprint density at radius 3 is 2.38 bits per heavy atom. The molecule has 0 fully saturated rings. The van der Waals surface area contributed by atoms with Gasteiger partial charge in [-0.15, -0.1) is 0 Å². The largest absolute Gasteiger partial charge is 0.508 e. The second-order valence-electron chi connectivity index (χ2n) is 5.56. The van der Waals surface area contributed by atoms with Crippen LogP contribution in [0.1, 0.15) is 15.9 Å². The molecule has 0 atom stereocenters. The Bertz CT molecular complexity index is 1020. The summed E-state index contributed by atoms with van der Waals surface area (Å²) in [6.07, 6.45) is 0. The van der Waals surface area contributed by atoms with Gasteiger partial charge in [-0.25, -0.2) is 4.98 Å². The van der Waals surface area contributed by atoms with E-state index >= 15 is 0 Å². The number of carbonyl (C=O) groups excluding carboxylic acids is 1. The third kappa shape index (κ3) is 2.54. The predicted molar refractivity (Wildman–Crippen MR) is 93.1 cm³/mol. The van der Waals surface area contributed by atoms with Gasteiger partial charge in [0.2, 0.25) is 0 Å². The highest BCUT2D eigenvalue weighted by Gasteiger charge is 2.11. The molecule has 1 aromatic heterocycles. The molecule has 0 aliphatic heterocycles. The number of imidazole rings is 1. The van der Waals surface area contributed by atoms with Crippen molar-refractivity contribution in [3.05, 3.63) is 83.9 Å². The maximum Gasteiger partial charge on any atom is 0.193 e. The number of ketones is 1. The third-order valence-electron chi connectivity index (χ3n) is 3.92. The van der Waals surface area contributed by atoms with Crippen LogP contribution in [-0.2, 0) is 0 Å². The van der Waals surface area contributed by atoms with Gasteiger partial charge in [-0.05, 0) is 42.5 Å². The number of nitrogens with one attached hydrogen (secondary N) is 1. The number of benzene rings is 3. The first-order valence-corrected chi connectivity index (χ1v) is 7.60. The molecule has 0 bridgehead atoms. The van der Waals surface area contributed by atoms with Gasteiger partial charge in [-0.2, -0.15) is 0 Å². The molecule has 0 spiro atoms. The molecule has 0 radical (unpaired) electrons. The maximum atomic E-state index is 12.5. The summed E-state index contributed by atoms with van der Waals surface area (Å²) < 4.78 is 0. The minimum atomic E-state index is -0.0155. The fourth-order valence-electron chi connectivity index (χ4n) is 2.66. The fourth-order valence-corrected chi connectivity index (χ4v) is 2.66. The highest BCUT2D eigenvalue weighted by atomic mass is 16.3. The van der Waals surface area contributed by atoms with Gasteiger partial charge >= 0.3 is 0 Å². The highest BCUT2D eigenvalue weighted by molar-refractivity contribution is 6.10. The maximum absolute atomic E-state index is 12.5. The Balaban J connectivity index is 1.73. The van der Waals surface area contributed by atoms with E-state index in [4.69, 9.17) is 0 Å². The quantitative estimate of drug-likeness (QED) is 0.558. The number of hydrogen-bond acceptors (Lipinski definition) is 3. The smallest absolute Gasteiger partial charge is 0.193 e. The van der Waals surface area contributed by atoms with E-state index in [9.17, 15) is 9.90 Å².